The van der Waals surface area contributed by atoms with Crippen molar-refractivity contribution >= 4 is 23.2 Å². The minimum atomic E-state index is -0.993. The van der Waals surface area contributed by atoms with Gasteiger partial charge in [-0.1, -0.05) is 20.8 Å². The molecule has 0 saturated carbocycles. The number of hydrogen-bond donors (Lipinski definition) is 3. The molecular formula is C13H21N3O3S. The predicted octanol–water partition coefficient (Wildman–Crippen LogP) is 1.53. The fourth-order valence-electron chi connectivity index (χ4n) is 1.48. The Bertz CT molecular complexity index is 505. The molecule has 1 rings (SSSR count). The van der Waals surface area contributed by atoms with Gasteiger partial charge < -0.3 is 16.2 Å². The summed E-state index contributed by atoms with van der Waals surface area (Å²) in [5.74, 6) is -1.15. The summed E-state index contributed by atoms with van der Waals surface area (Å²) >= 11 is 1.08. The van der Waals surface area contributed by atoms with Crippen LogP contribution in [-0.2, 0) is 11.3 Å². The summed E-state index contributed by atoms with van der Waals surface area (Å²) < 4.78 is 0. The maximum Gasteiger partial charge on any atom is 0.347 e. The Kier molecular flexibility index (Phi) is 5.24. The van der Waals surface area contributed by atoms with Crippen molar-refractivity contribution in [3.05, 3.63) is 15.6 Å². The number of carbonyl (C=O) groups excluding carboxylic acids is 1. The van der Waals surface area contributed by atoms with E-state index in [1.165, 1.54) is 0 Å². The van der Waals surface area contributed by atoms with Gasteiger partial charge >= 0.3 is 5.97 Å². The molecule has 112 valence electrons. The van der Waals surface area contributed by atoms with Crippen molar-refractivity contribution in [2.24, 2.45) is 11.1 Å². The number of nitrogens with one attached hydrogen (secondary N) is 1. The number of thiazole rings is 1. The number of nitrogens with two attached hydrogens (primary N) is 1. The van der Waals surface area contributed by atoms with E-state index in [4.69, 9.17) is 10.8 Å². The molecule has 1 amide bonds. The number of carbonyl (C=O) groups is 2. The SMILES string of the molecule is Cc1nc(CNC(=O)CC(N)C(C)(C)C)sc1C(=O)O. The van der Waals surface area contributed by atoms with Crippen LogP contribution in [0, 0.1) is 12.3 Å². The Hall–Kier alpha value is -1.47. The topological polar surface area (TPSA) is 105 Å². The van der Waals surface area contributed by atoms with Gasteiger partial charge in [-0.3, -0.25) is 4.79 Å². The second-order valence-corrected chi connectivity index (χ2v) is 6.86. The van der Waals surface area contributed by atoms with Gasteiger partial charge in [-0.15, -0.1) is 11.3 Å². The van der Waals surface area contributed by atoms with E-state index in [1.54, 1.807) is 6.92 Å². The van der Waals surface area contributed by atoms with Crippen molar-refractivity contribution < 1.29 is 14.7 Å². The highest BCUT2D eigenvalue weighted by Crippen LogP contribution is 2.20. The van der Waals surface area contributed by atoms with Crippen LogP contribution in [0.15, 0.2) is 0 Å². The number of aromatic nitrogens is 1. The molecule has 0 radical (unpaired) electrons. The first-order chi connectivity index (χ1) is 9.11. The first-order valence-corrected chi connectivity index (χ1v) is 7.14. The van der Waals surface area contributed by atoms with Crippen LogP contribution < -0.4 is 11.1 Å². The van der Waals surface area contributed by atoms with Crippen molar-refractivity contribution in [3.63, 3.8) is 0 Å². The predicted molar refractivity (Wildman–Crippen MR) is 77.7 cm³/mol. The van der Waals surface area contributed by atoms with E-state index in [1.807, 2.05) is 20.8 Å². The van der Waals surface area contributed by atoms with Gasteiger partial charge in [0.2, 0.25) is 5.91 Å². The van der Waals surface area contributed by atoms with Gasteiger partial charge in [-0.05, 0) is 12.3 Å². The van der Waals surface area contributed by atoms with Gasteiger partial charge in [-0.25, -0.2) is 9.78 Å². The lowest BCUT2D eigenvalue weighted by molar-refractivity contribution is -0.122. The highest BCUT2D eigenvalue weighted by Gasteiger charge is 2.23. The zero-order chi connectivity index (χ0) is 15.5. The fourth-order valence-corrected chi connectivity index (χ4v) is 2.32. The molecule has 0 bridgehead atoms. The van der Waals surface area contributed by atoms with Gasteiger partial charge in [0.25, 0.3) is 0 Å². The third-order valence-electron chi connectivity index (χ3n) is 2.99. The molecule has 1 atom stereocenters. The summed E-state index contributed by atoms with van der Waals surface area (Å²) in [5.41, 5.74) is 6.27. The monoisotopic (exact) mass is 299 g/mol. The van der Waals surface area contributed by atoms with E-state index in [9.17, 15) is 9.59 Å². The Morgan fingerprint density at radius 1 is 1.45 bits per heavy atom. The lowest BCUT2D eigenvalue weighted by atomic mass is 9.85. The summed E-state index contributed by atoms with van der Waals surface area (Å²) in [6, 6.07) is -0.227. The first-order valence-electron chi connectivity index (χ1n) is 6.33. The number of hydrogen-bond acceptors (Lipinski definition) is 5. The van der Waals surface area contributed by atoms with Gasteiger partial charge in [0, 0.05) is 12.5 Å². The van der Waals surface area contributed by atoms with Crippen LogP contribution >= 0.6 is 11.3 Å². The quantitative estimate of drug-likeness (QED) is 0.764. The van der Waals surface area contributed by atoms with Crippen molar-refractivity contribution in [1.29, 1.82) is 0 Å². The molecule has 6 nitrogen and oxygen atoms in total. The van der Waals surface area contributed by atoms with Crippen molar-refractivity contribution in [3.8, 4) is 0 Å². The number of carboxylic acid groups (broad SMARTS) is 1. The molecule has 0 spiro atoms. The van der Waals surface area contributed by atoms with Gasteiger partial charge in [-0.2, -0.15) is 0 Å². The van der Waals surface area contributed by atoms with Crippen LogP contribution in [-0.4, -0.2) is 28.0 Å². The summed E-state index contributed by atoms with van der Waals surface area (Å²) in [6.45, 7) is 7.81. The molecular weight excluding hydrogens is 278 g/mol. The van der Waals surface area contributed by atoms with E-state index < -0.39 is 5.97 Å². The lowest BCUT2D eigenvalue weighted by Gasteiger charge is -2.26. The number of aromatic carboxylic acids is 1. The normalized spacial score (nSPS) is 13.1. The fraction of sp³-hybridized carbons (Fsp3) is 0.615. The summed E-state index contributed by atoms with van der Waals surface area (Å²) in [4.78, 5) is 27.0. The van der Waals surface area contributed by atoms with Crippen molar-refractivity contribution in [2.75, 3.05) is 0 Å². The van der Waals surface area contributed by atoms with Gasteiger partial charge in [0.1, 0.15) is 9.88 Å². The van der Waals surface area contributed by atoms with E-state index in [0.29, 0.717) is 10.7 Å². The minimum Gasteiger partial charge on any atom is -0.477 e. The molecule has 0 fully saturated rings. The van der Waals surface area contributed by atoms with Crippen molar-refractivity contribution in [2.45, 2.75) is 46.7 Å². The van der Waals surface area contributed by atoms with Crippen LogP contribution in [0.4, 0.5) is 0 Å². The Balaban J connectivity index is 2.53. The highest BCUT2D eigenvalue weighted by atomic mass is 32.1. The summed E-state index contributed by atoms with van der Waals surface area (Å²) in [7, 11) is 0. The standard InChI is InChI=1S/C13H21N3O3S/c1-7-11(12(18)19)20-10(16-7)6-15-9(17)5-8(14)13(2,3)4/h8H,5-6,14H2,1-4H3,(H,15,17)(H,18,19). The molecule has 1 aromatic rings. The minimum absolute atomic E-state index is 0.133. The average Bonchev–Trinajstić information content (AvgIpc) is 2.66. The Morgan fingerprint density at radius 3 is 2.50 bits per heavy atom. The van der Waals surface area contributed by atoms with Crippen LogP contribution in [0.3, 0.4) is 0 Å². The molecule has 0 aromatic carbocycles. The molecule has 20 heavy (non-hydrogen) atoms. The molecule has 1 aromatic heterocycles. The van der Waals surface area contributed by atoms with Crippen LogP contribution in [0.5, 0.6) is 0 Å². The third-order valence-corrected chi connectivity index (χ3v) is 4.13. The molecule has 1 heterocycles. The zero-order valence-electron chi connectivity index (χ0n) is 12.2. The Labute approximate surface area is 122 Å². The van der Waals surface area contributed by atoms with Crippen LogP contribution in [0.25, 0.3) is 0 Å². The Morgan fingerprint density at radius 2 is 2.05 bits per heavy atom. The highest BCUT2D eigenvalue weighted by molar-refractivity contribution is 7.13. The summed E-state index contributed by atoms with van der Waals surface area (Å²) in [5, 5.41) is 12.2. The second-order valence-electron chi connectivity index (χ2n) is 5.78. The number of rotatable bonds is 5. The van der Waals surface area contributed by atoms with Crippen LogP contribution in [0.1, 0.15) is 47.6 Å². The number of amides is 1. The molecule has 0 aliphatic rings. The van der Waals surface area contributed by atoms with E-state index >= 15 is 0 Å². The van der Waals surface area contributed by atoms with Gasteiger partial charge in [0.05, 0.1) is 12.2 Å². The largest absolute Gasteiger partial charge is 0.477 e. The first kappa shape index (κ1) is 16.6. The van der Waals surface area contributed by atoms with E-state index in [0.717, 1.165) is 11.3 Å². The molecule has 0 saturated heterocycles. The average molecular weight is 299 g/mol. The molecule has 4 N–H and O–H groups in total. The number of aryl methyl sites for hydroxylation is 1. The lowest BCUT2D eigenvalue weighted by Crippen LogP contribution is -2.40. The molecule has 0 aliphatic heterocycles. The van der Waals surface area contributed by atoms with Gasteiger partial charge in [0.15, 0.2) is 0 Å². The van der Waals surface area contributed by atoms with E-state index in [-0.39, 0.29) is 35.2 Å². The molecule has 0 aliphatic carbocycles. The van der Waals surface area contributed by atoms with E-state index in [2.05, 4.69) is 10.3 Å². The smallest absolute Gasteiger partial charge is 0.347 e. The maximum atomic E-state index is 11.8. The van der Waals surface area contributed by atoms with Crippen LogP contribution in [0.2, 0.25) is 0 Å². The summed E-state index contributed by atoms with van der Waals surface area (Å²) in [6.07, 6.45) is 0.236. The maximum absolute atomic E-state index is 11.8. The zero-order valence-corrected chi connectivity index (χ0v) is 13.0. The molecule has 1 unspecified atom stereocenters. The number of nitrogens with zero attached hydrogens (tertiary/aromatic N) is 1. The molecule has 7 heteroatoms. The number of carboxylic acids is 1. The van der Waals surface area contributed by atoms with Crippen molar-refractivity contribution in [1.82, 2.24) is 10.3 Å². The second kappa shape index (κ2) is 6.32. The third kappa shape index (κ3) is 4.57.